The summed E-state index contributed by atoms with van der Waals surface area (Å²) in [5, 5.41) is 27.5. The molecular weight excluding hydrogens is 1030 g/mol. The number of amides is 4. The van der Waals surface area contributed by atoms with Gasteiger partial charge in [-0.1, -0.05) is 152 Å². The summed E-state index contributed by atoms with van der Waals surface area (Å²) >= 11 is 0. The summed E-state index contributed by atoms with van der Waals surface area (Å²) in [5.74, 6) is -1.65. The van der Waals surface area contributed by atoms with Crippen LogP contribution in [0.15, 0.2) is 0 Å². The van der Waals surface area contributed by atoms with Gasteiger partial charge in [-0.2, -0.15) is 0 Å². The summed E-state index contributed by atoms with van der Waals surface area (Å²) in [6.45, 7) is 23.4. The Hall–Kier alpha value is -4.36. The zero-order chi connectivity index (χ0) is 59.8. The molecular formula is C61H110N4O15. The normalized spacial score (nSPS) is 19.9. The Morgan fingerprint density at radius 3 is 1.09 bits per heavy atom. The van der Waals surface area contributed by atoms with Crippen LogP contribution in [0.3, 0.4) is 0 Å². The topological polar surface area (TPSA) is 247 Å². The van der Waals surface area contributed by atoms with Crippen molar-refractivity contribution in [2.45, 2.75) is 229 Å². The molecule has 4 amide bonds. The van der Waals surface area contributed by atoms with Gasteiger partial charge in [-0.15, -0.1) is 0 Å². The lowest BCUT2D eigenvalue weighted by molar-refractivity contribution is -0.149. The lowest BCUT2D eigenvalue weighted by Crippen LogP contribution is -2.39. The number of likely N-dealkylation sites (tertiary alicyclic amines) is 4. The fourth-order valence-electron chi connectivity index (χ4n) is 9.86. The second-order valence-corrected chi connectivity index (χ2v) is 22.8. The number of rotatable bonds is 36. The number of hydrogen-bond donors (Lipinski definition) is 3. The molecule has 80 heavy (non-hydrogen) atoms. The summed E-state index contributed by atoms with van der Waals surface area (Å²) in [4.78, 5) is 101. The van der Waals surface area contributed by atoms with Crippen molar-refractivity contribution >= 4 is 47.5 Å². The largest absolute Gasteiger partial charge is 0.465 e. The molecule has 7 atom stereocenters. The van der Waals surface area contributed by atoms with Gasteiger partial charge in [-0.3, -0.25) is 38.4 Å². The molecule has 0 aliphatic carbocycles. The molecule has 0 aromatic carbocycles. The molecule has 19 nitrogen and oxygen atoms in total. The first-order valence-corrected chi connectivity index (χ1v) is 31.1. The average molecular weight is 1140 g/mol. The maximum absolute atomic E-state index is 12.1. The zero-order valence-electron chi connectivity index (χ0n) is 51.1. The lowest BCUT2D eigenvalue weighted by atomic mass is 9.99. The standard InChI is InChI=1S/C19H35NO3.C15H27NO3.C14H25NO4.C13H23NO5/c1-4-7-9-10-12-23-19(22)17-13-18(21)20(15-17)14-16(6-3)11-8-5-2;1-4-5-6-7-8-19-15(18)13-9-14(17)16(11-13)10-12(2)3;1-3-4-5-6-7-19-14(18)12-8-13(17)15(10-12)9-11(2)16;1-2-3-4-5-6-19-13(18)10-7-11(16)14(8-10)12(17)9-15/h16-17H,4-15H2,1-3H3;12-13H,4-11H2,1-3H3;11-12,16H,3-10H2,1-2H3;10,12,15,17H,2-9H2,1H3. The van der Waals surface area contributed by atoms with Crippen LogP contribution in [0.5, 0.6) is 0 Å². The minimum absolute atomic E-state index is 0.0465. The van der Waals surface area contributed by atoms with Gasteiger partial charge >= 0.3 is 23.9 Å². The summed E-state index contributed by atoms with van der Waals surface area (Å²) < 4.78 is 20.9. The van der Waals surface area contributed by atoms with Crippen LogP contribution in [-0.4, -0.2) is 174 Å². The maximum atomic E-state index is 12.1. The van der Waals surface area contributed by atoms with Gasteiger partial charge in [0.1, 0.15) is 0 Å². The molecule has 0 saturated carbocycles. The zero-order valence-corrected chi connectivity index (χ0v) is 51.1. The Kier molecular flexibility index (Phi) is 40.7. The van der Waals surface area contributed by atoms with Crippen LogP contribution in [0, 0.1) is 35.5 Å². The van der Waals surface area contributed by atoms with Crippen molar-refractivity contribution in [3.8, 4) is 0 Å². The van der Waals surface area contributed by atoms with E-state index in [2.05, 4.69) is 55.4 Å². The number of ether oxygens (including phenoxy) is 4. The van der Waals surface area contributed by atoms with E-state index in [1.807, 2.05) is 4.90 Å². The van der Waals surface area contributed by atoms with E-state index in [-0.39, 0.29) is 78.7 Å². The molecule has 4 aliphatic heterocycles. The summed E-state index contributed by atoms with van der Waals surface area (Å²) in [6.07, 6.45) is 20.9. The van der Waals surface area contributed by atoms with E-state index >= 15 is 0 Å². The van der Waals surface area contributed by atoms with Gasteiger partial charge in [0.05, 0.1) is 62.8 Å². The SMILES string of the molecule is CCCCCCOC(=O)C1CC(=O)N(C(O)CO)C1.CCCCCCOC(=O)C1CC(=O)N(CC(C)C)C1.CCCCCCOC(=O)C1CC(=O)N(CC(C)O)C1.CCCCCCOC(=O)C1CC(=O)N(CC(CC)CCCC)C1. The van der Waals surface area contributed by atoms with Gasteiger partial charge in [0.2, 0.25) is 23.6 Å². The van der Waals surface area contributed by atoms with Crippen LogP contribution in [0.4, 0.5) is 0 Å². The van der Waals surface area contributed by atoms with Crippen LogP contribution in [0.2, 0.25) is 0 Å². The molecule has 7 unspecified atom stereocenters. The van der Waals surface area contributed by atoms with Gasteiger partial charge in [0.15, 0.2) is 6.23 Å². The van der Waals surface area contributed by atoms with Crippen LogP contribution >= 0.6 is 0 Å². The highest BCUT2D eigenvalue weighted by atomic mass is 16.5. The number of nitrogens with zero attached hydrogens (tertiary/aromatic N) is 4. The van der Waals surface area contributed by atoms with Crippen molar-refractivity contribution in [3.63, 3.8) is 0 Å². The second-order valence-electron chi connectivity index (χ2n) is 22.8. The monoisotopic (exact) mass is 1140 g/mol. The molecule has 4 heterocycles. The number of carbonyl (C=O) groups excluding carboxylic acids is 8. The van der Waals surface area contributed by atoms with Crippen LogP contribution in [-0.2, 0) is 57.3 Å². The van der Waals surface area contributed by atoms with E-state index in [0.29, 0.717) is 77.3 Å². The Bertz CT molecular complexity index is 1710. The Morgan fingerprint density at radius 2 is 0.775 bits per heavy atom. The minimum atomic E-state index is -1.23. The molecule has 0 bridgehead atoms. The molecule has 0 aromatic rings. The van der Waals surface area contributed by atoms with E-state index in [9.17, 15) is 48.6 Å². The van der Waals surface area contributed by atoms with Crippen molar-refractivity contribution in [1.82, 2.24) is 19.6 Å². The number of esters is 4. The Labute approximate surface area is 481 Å². The fraction of sp³-hybridized carbons (Fsp3) is 0.869. The van der Waals surface area contributed by atoms with Crippen molar-refractivity contribution in [2.75, 3.05) is 78.8 Å². The average Bonchev–Trinajstić information content (AvgIpc) is 4.21. The first kappa shape index (κ1) is 73.7. The van der Waals surface area contributed by atoms with E-state index in [0.717, 1.165) is 101 Å². The van der Waals surface area contributed by atoms with Gasteiger partial charge in [-0.05, 0) is 50.9 Å². The first-order chi connectivity index (χ1) is 38.3. The highest BCUT2D eigenvalue weighted by molar-refractivity contribution is 5.88. The highest BCUT2D eigenvalue weighted by Crippen LogP contribution is 2.25. The summed E-state index contributed by atoms with van der Waals surface area (Å²) in [7, 11) is 0. The molecule has 19 heteroatoms. The van der Waals surface area contributed by atoms with E-state index in [4.69, 9.17) is 24.1 Å². The minimum Gasteiger partial charge on any atom is -0.465 e. The number of hydrogen-bond acceptors (Lipinski definition) is 15. The predicted molar refractivity (Wildman–Crippen MR) is 307 cm³/mol. The van der Waals surface area contributed by atoms with Crippen molar-refractivity contribution in [3.05, 3.63) is 0 Å². The van der Waals surface area contributed by atoms with Crippen LogP contribution < -0.4 is 0 Å². The highest BCUT2D eigenvalue weighted by Gasteiger charge is 2.40. The predicted octanol–water partition coefficient (Wildman–Crippen LogP) is 8.40. The summed E-state index contributed by atoms with van der Waals surface area (Å²) in [5.41, 5.74) is 0. The van der Waals surface area contributed by atoms with Crippen molar-refractivity contribution in [1.29, 1.82) is 0 Å². The van der Waals surface area contributed by atoms with Gasteiger partial charge in [-0.25, -0.2) is 0 Å². The second kappa shape index (κ2) is 44.3. The fourth-order valence-corrected chi connectivity index (χ4v) is 9.86. The quantitative estimate of drug-likeness (QED) is 0.0303. The third-order valence-electron chi connectivity index (χ3n) is 14.7. The number of aliphatic hydroxyl groups excluding tert-OH is 3. The molecule has 0 aromatic heterocycles. The molecule has 3 N–H and O–H groups in total. The third kappa shape index (κ3) is 31.2. The van der Waals surface area contributed by atoms with Crippen molar-refractivity contribution in [2.24, 2.45) is 35.5 Å². The molecule has 4 aliphatic rings. The molecule has 0 spiro atoms. The number of carbonyl (C=O) groups is 8. The number of β-amino-alcohol motifs (C(OH)–C–C–N with tert-alkyl or cyclic N) is 1. The van der Waals surface area contributed by atoms with E-state index < -0.39 is 30.8 Å². The molecule has 4 saturated heterocycles. The molecule has 0 radical (unpaired) electrons. The Balaban J connectivity index is 0.000000535. The lowest BCUT2D eigenvalue weighted by Gasteiger charge is -2.23. The summed E-state index contributed by atoms with van der Waals surface area (Å²) in [6, 6.07) is 0. The first-order valence-electron chi connectivity index (χ1n) is 31.1. The van der Waals surface area contributed by atoms with E-state index in [1.165, 1.54) is 49.8 Å². The van der Waals surface area contributed by atoms with Gasteiger partial charge < -0.3 is 53.9 Å². The molecule has 464 valence electrons. The van der Waals surface area contributed by atoms with E-state index in [1.54, 1.807) is 11.8 Å². The third-order valence-corrected chi connectivity index (χ3v) is 14.7. The number of unbranched alkanes of at least 4 members (excludes halogenated alkanes) is 13. The number of aliphatic hydroxyl groups is 3. The van der Waals surface area contributed by atoms with Crippen LogP contribution in [0.25, 0.3) is 0 Å². The van der Waals surface area contributed by atoms with Gasteiger partial charge in [0, 0.05) is 71.5 Å². The smallest absolute Gasteiger partial charge is 0.311 e. The molecule has 4 rings (SSSR count). The van der Waals surface area contributed by atoms with Gasteiger partial charge in [0.25, 0.3) is 0 Å². The molecule has 4 fully saturated rings. The van der Waals surface area contributed by atoms with Crippen LogP contribution in [0.1, 0.15) is 216 Å². The Morgan fingerprint density at radius 1 is 0.450 bits per heavy atom. The maximum Gasteiger partial charge on any atom is 0.311 e. The van der Waals surface area contributed by atoms with Crippen molar-refractivity contribution < 1.29 is 72.6 Å².